The normalized spacial score (nSPS) is 19.2. The topological polar surface area (TPSA) is 72.5 Å². The van der Waals surface area contributed by atoms with Crippen LogP contribution in [0.15, 0.2) is 47.9 Å². The van der Waals surface area contributed by atoms with E-state index in [4.69, 9.17) is 4.74 Å². The number of ether oxygens (including phenoxy) is 1. The Labute approximate surface area is 124 Å². The maximum atomic E-state index is 12.2. The van der Waals surface area contributed by atoms with Crippen LogP contribution in [0.25, 0.3) is 0 Å². The summed E-state index contributed by atoms with van der Waals surface area (Å²) in [5.41, 5.74) is 1.21. The van der Waals surface area contributed by atoms with Gasteiger partial charge in [-0.05, 0) is 30.7 Å². The van der Waals surface area contributed by atoms with E-state index in [1.165, 1.54) is 6.08 Å². The molecule has 0 saturated heterocycles. The van der Waals surface area contributed by atoms with E-state index in [9.17, 15) is 13.2 Å². The minimum Gasteiger partial charge on any atom is -0.488 e. The van der Waals surface area contributed by atoms with Crippen molar-refractivity contribution >= 4 is 15.7 Å². The quantitative estimate of drug-likeness (QED) is 0.840. The number of sulfone groups is 1. The summed E-state index contributed by atoms with van der Waals surface area (Å²) in [6.07, 6.45) is 1.48. The SMILES string of the molecule is C=C(C)COc1ccccc1C(=O)N[C@@H]1C=CS(=O)(=O)C1. The lowest BCUT2D eigenvalue weighted by molar-refractivity contribution is 0.0944. The van der Waals surface area contributed by atoms with Gasteiger partial charge in [0, 0.05) is 5.41 Å². The van der Waals surface area contributed by atoms with Gasteiger partial charge < -0.3 is 10.1 Å². The smallest absolute Gasteiger partial charge is 0.255 e. The van der Waals surface area contributed by atoms with Crippen molar-refractivity contribution in [2.75, 3.05) is 12.4 Å². The molecule has 0 aromatic heterocycles. The first-order valence-electron chi connectivity index (χ1n) is 6.45. The zero-order valence-corrected chi connectivity index (χ0v) is 12.5. The van der Waals surface area contributed by atoms with E-state index in [2.05, 4.69) is 11.9 Å². The Balaban J connectivity index is 2.09. The fourth-order valence-corrected chi connectivity index (χ4v) is 3.13. The van der Waals surface area contributed by atoms with Crippen LogP contribution in [0.4, 0.5) is 0 Å². The van der Waals surface area contributed by atoms with Crippen molar-refractivity contribution in [3.05, 3.63) is 53.5 Å². The molecule has 0 bridgehead atoms. The van der Waals surface area contributed by atoms with Gasteiger partial charge in [-0.3, -0.25) is 4.79 Å². The van der Waals surface area contributed by atoms with Crippen molar-refractivity contribution in [1.82, 2.24) is 5.32 Å². The molecule has 1 N–H and O–H groups in total. The summed E-state index contributed by atoms with van der Waals surface area (Å²) in [4.78, 5) is 12.2. The summed E-state index contributed by atoms with van der Waals surface area (Å²) in [6.45, 7) is 5.89. The molecule has 112 valence electrons. The monoisotopic (exact) mass is 307 g/mol. The molecule has 2 rings (SSSR count). The molecule has 1 atom stereocenters. The summed E-state index contributed by atoms with van der Waals surface area (Å²) >= 11 is 0. The van der Waals surface area contributed by atoms with Crippen LogP contribution in [0.1, 0.15) is 17.3 Å². The standard InChI is InChI=1S/C15H17NO4S/c1-11(2)9-20-14-6-4-3-5-13(14)15(17)16-12-7-8-21(18,19)10-12/h3-8,12H,1,9-10H2,2H3,(H,16,17)/t12-/m1/s1. The van der Waals surface area contributed by atoms with Gasteiger partial charge in [-0.1, -0.05) is 18.7 Å². The van der Waals surface area contributed by atoms with E-state index in [-0.39, 0.29) is 11.7 Å². The minimum atomic E-state index is -3.19. The van der Waals surface area contributed by atoms with Crippen LogP contribution in [-0.4, -0.2) is 32.7 Å². The summed E-state index contributed by atoms with van der Waals surface area (Å²) in [7, 11) is -3.19. The second-order valence-electron chi connectivity index (χ2n) is 4.98. The molecule has 0 saturated carbocycles. The fourth-order valence-electron chi connectivity index (χ4n) is 1.89. The fraction of sp³-hybridized carbons (Fsp3) is 0.267. The van der Waals surface area contributed by atoms with E-state index in [0.29, 0.717) is 17.9 Å². The number of carbonyl (C=O) groups is 1. The molecule has 0 spiro atoms. The molecule has 0 fully saturated rings. The molecule has 1 aliphatic rings. The molecule has 1 amide bonds. The Morgan fingerprint density at radius 3 is 2.76 bits per heavy atom. The number of carbonyl (C=O) groups excluding carboxylic acids is 1. The zero-order chi connectivity index (χ0) is 15.5. The molecule has 0 radical (unpaired) electrons. The van der Waals surface area contributed by atoms with Crippen molar-refractivity contribution in [2.24, 2.45) is 0 Å². The largest absolute Gasteiger partial charge is 0.488 e. The van der Waals surface area contributed by atoms with E-state index in [1.54, 1.807) is 24.3 Å². The number of nitrogens with one attached hydrogen (secondary N) is 1. The van der Waals surface area contributed by atoms with Gasteiger partial charge in [0.15, 0.2) is 9.84 Å². The second-order valence-corrected chi connectivity index (χ2v) is 6.91. The maximum absolute atomic E-state index is 12.2. The lowest BCUT2D eigenvalue weighted by atomic mass is 10.1. The first-order chi connectivity index (χ1) is 9.87. The number of benzene rings is 1. The van der Waals surface area contributed by atoms with E-state index >= 15 is 0 Å². The van der Waals surface area contributed by atoms with Gasteiger partial charge in [0.1, 0.15) is 12.4 Å². The maximum Gasteiger partial charge on any atom is 0.255 e. The number of amides is 1. The van der Waals surface area contributed by atoms with E-state index in [0.717, 1.165) is 11.0 Å². The Hall–Kier alpha value is -2.08. The van der Waals surface area contributed by atoms with Gasteiger partial charge in [0.2, 0.25) is 0 Å². The molecule has 1 aromatic carbocycles. The van der Waals surface area contributed by atoms with Crippen molar-refractivity contribution in [3.63, 3.8) is 0 Å². The number of hydrogen-bond donors (Lipinski definition) is 1. The van der Waals surface area contributed by atoms with Crippen molar-refractivity contribution in [1.29, 1.82) is 0 Å². The van der Waals surface area contributed by atoms with Gasteiger partial charge in [-0.2, -0.15) is 0 Å². The number of rotatable bonds is 5. The van der Waals surface area contributed by atoms with E-state index < -0.39 is 15.9 Å². The first-order valence-corrected chi connectivity index (χ1v) is 8.17. The van der Waals surface area contributed by atoms with Crippen molar-refractivity contribution in [2.45, 2.75) is 13.0 Å². The van der Waals surface area contributed by atoms with Crippen LogP contribution >= 0.6 is 0 Å². The predicted octanol–water partition coefficient (Wildman–Crippen LogP) is 1.68. The molecule has 1 aliphatic heterocycles. The highest BCUT2D eigenvalue weighted by Gasteiger charge is 2.24. The Kier molecular flexibility index (Phi) is 4.47. The predicted molar refractivity (Wildman–Crippen MR) is 80.9 cm³/mol. The van der Waals surface area contributed by atoms with Crippen LogP contribution in [0, 0.1) is 0 Å². The third-order valence-corrected chi connectivity index (χ3v) is 4.25. The van der Waals surface area contributed by atoms with E-state index in [1.807, 2.05) is 6.92 Å². The van der Waals surface area contributed by atoms with Crippen LogP contribution in [0.2, 0.25) is 0 Å². The second kappa shape index (κ2) is 6.13. The Morgan fingerprint density at radius 2 is 2.14 bits per heavy atom. The molecule has 6 heteroatoms. The van der Waals surface area contributed by atoms with Gasteiger partial charge in [0.25, 0.3) is 5.91 Å². The number of para-hydroxylation sites is 1. The van der Waals surface area contributed by atoms with Crippen molar-refractivity contribution < 1.29 is 17.9 Å². The number of hydrogen-bond acceptors (Lipinski definition) is 4. The third kappa shape index (κ3) is 4.19. The first kappa shape index (κ1) is 15.3. The average Bonchev–Trinajstić information content (AvgIpc) is 2.75. The van der Waals surface area contributed by atoms with Crippen LogP contribution in [0.5, 0.6) is 5.75 Å². The molecular formula is C15H17NO4S. The Morgan fingerprint density at radius 1 is 1.43 bits per heavy atom. The molecule has 0 unspecified atom stereocenters. The van der Waals surface area contributed by atoms with Crippen LogP contribution < -0.4 is 10.1 Å². The molecule has 1 aromatic rings. The molecule has 1 heterocycles. The summed E-state index contributed by atoms with van der Waals surface area (Å²) in [5, 5.41) is 3.80. The lowest BCUT2D eigenvalue weighted by Crippen LogP contribution is -2.35. The molecule has 0 aliphatic carbocycles. The van der Waals surface area contributed by atoms with Gasteiger partial charge in [0.05, 0.1) is 17.4 Å². The third-order valence-electron chi connectivity index (χ3n) is 2.85. The highest BCUT2D eigenvalue weighted by atomic mass is 32.2. The van der Waals surface area contributed by atoms with Crippen molar-refractivity contribution in [3.8, 4) is 5.75 Å². The minimum absolute atomic E-state index is 0.104. The summed E-state index contributed by atoms with van der Waals surface area (Å²) in [6, 6.07) is 6.32. The van der Waals surface area contributed by atoms with Crippen LogP contribution in [-0.2, 0) is 9.84 Å². The molecule has 5 nitrogen and oxygen atoms in total. The highest BCUT2D eigenvalue weighted by molar-refractivity contribution is 7.94. The zero-order valence-electron chi connectivity index (χ0n) is 11.7. The van der Waals surface area contributed by atoms with Crippen LogP contribution in [0.3, 0.4) is 0 Å². The van der Waals surface area contributed by atoms with Gasteiger partial charge in [-0.25, -0.2) is 8.42 Å². The summed E-state index contributed by atoms with van der Waals surface area (Å²) < 4.78 is 28.2. The highest BCUT2D eigenvalue weighted by Crippen LogP contribution is 2.19. The summed E-state index contributed by atoms with van der Waals surface area (Å²) in [5.74, 6) is -0.0185. The lowest BCUT2D eigenvalue weighted by Gasteiger charge is -2.13. The Bertz CT molecular complexity index is 691. The molecular weight excluding hydrogens is 290 g/mol. The van der Waals surface area contributed by atoms with Gasteiger partial charge >= 0.3 is 0 Å². The molecule has 21 heavy (non-hydrogen) atoms. The average molecular weight is 307 g/mol. The van der Waals surface area contributed by atoms with Gasteiger partial charge in [-0.15, -0.1) is 0 Å².